The van der Waals surface area contributed by atoms with Crippen LogP contribution in [0.3, 0.4) is 0 Å². The van der Waals surface area contributed by atoms with E-state index >= 15 is 0 Å². The predicted octanol–water partition coefficient (Wildman–Crippen LogP) is 1.09. The standard InChI is InChI=1S/C11H22N2O3/c1-10-9-11(2,13(3)12-10)16-8-7-15-6-5-14-4/h5-9H2,1-4H3. The largest absolute Gasteiger partial charge is 0.382 e. The minimum Gasteiger partial charge on any atom is -0.382 e. The van der Waals surface area contributed by atoms with Crippen molar-refractivity contribution >= 4 is 5.71 Å². The monoisotopic (exact) mass is 230 g/mol. The Labute approximate surface area is 97.3 Å². The van der Waals surface area contributed by atoms with Gasteiger partial charge in [-0.15, -0.1) is 0 Å². The molecule has 0 aromatic heterocycles. The highest BCUT2D eigenvalue weighted by Gasteiger charge is 2.35. The van der Waals surface area contributed by atoms with Crippen LogP contribution in [0.15, 0.2) is 5.10 Å². The molecule has 94 valence electrons. The molecule has 0 spiro atoms. The van der Waals surface area contributed by atoms with E-state index < -0.39 is 0 Å². The minimum absolute atomic E-state index is 0.311. The van der Waals surface area contributed by atoms with Gasteiger partial charge in [0.1, 0.15) is 0 Å². The molecule has 1 aliphatic rings. The highest BCUT2D eigenvalue weighted by molar-refractivity contribution is 5.83. The molecule has 16 heavy (non-hydrogen) atoms. The van der Waals surface area contributed by atoms with E-state index in [1.165, 1.54) is 0 Å². The van der Waals surface area contributed by atoms with Gasteiger partial charge in [0, 0.05) is 26.3 Å². The molecule has 0 radical (unpaired) electrons. The van der Waals surface area contributed by atoms with Gasteiger partial charge >= 0.3 is 0 Å². The van der Waals surface area contributed by atoms with Gasteiger partial charge in [-0.2, -0.15) is 5.10 Å². The van der Waals surface area contributed by atoms with Crippen LogP contribution in [0.5, 0.6) is 0 Å². The third-order valence-electron chi connectivity index (χ3n) is 2.66. The van der Waals surface area contributed by atoms with Crippen molar-refractivity contribution in [2.45, 2.75) is 26.0 Å². The summed E-state index contributed by atoms with van der Waals surface area (Å²) in [7, 11) is 3.59. The zero-order valence-electron chi connectivity index (χ0n) is 10.7. The first kappa shape index (κ1) is 13.4. The molecule has 0 N–H and O–H groups in total. The molecule has 0 fully saturated rings. The second kappa shape index (κ2) is 6.18. The summed E-state index contributed by atoms with van der Waals surface area (Å²) in [5.41, 5.74) is 0.791. The van der Waals surface area contributed by atoms with Crippen LogP contribution in [0.25, 0.3) is 0 Å². The SMILES string of the molecule is COCCOCCOC1(C)CC(C)=NN1C. The lowest BCUT2D eigenvalue weighted by atomic mass is 10.1. The number of rotatable bonds is 7. The Bertz CT molecular complexity index is 245. The van der Waals surface area contributed by atoms with Crippen molar-refractivity contribution in [3.05, 3.63) is 0 Å². The van der Waals surface area contributed by atoms with Gasteiger partial charge < -0.3 is 14.2 Å². The fourth-order valence-corrected chi connectivity index (χ4v) is 1.70. The van der Waals surface area contributed by atoms with E-state index in [2.05, 4.69) is 5.10 Å². The molecule has 0 aliphatic carbocycles. The number of methoxy groups -OCH3 is 1. The predicted molar refractivity (Wildman–Crippen MR) is 62.5 cm³/mol. The minimum atomic E-state index is -0.311. The number of nitrogens with zero attached hydrogens (tertiary/aromatic N) is 2. The highest BCUT2D eigenvalue weighted by Crippen LogP contribution is 2.26. The van der Waals surface area contributed by atoms with E-state index in [0.29, 0.717) is 26.4 Å². The summed E-state index contributed by atoms with van der Waals surface area (Å²) in [6, 6.07) is 0. The topological polar surface area (TPSA) is 43.3 Å². The Kier molecular flexibility index (Phi) is 5.18. The van der Waals surface area contributed by atoms with Crippen LogP contribution in [0.1, 0.15) is 20.3 Å². The van der Waals surface area contributed by atoms with E-state index in [1.54, 1.807) is 7.11 Å². The van der Waals surface area contributed by atoms with Crippen LogP contribution in [-0.2, 0) is 14.2 Å². The second-order valence-electron chi connectivity index (χ2n) is 4.16. The molecule has 1 atom stereocenters. The van der Waals surface area contributed by atoms with Crippen molar-refractivity contribution in [3.63, 3.8) is 0 Å². The number of hydrogen-bond acceptors (Lipinski definition) is 5. The summed E-state index contributed by atoms with van der Waals surface area (Å²) in [5, 5.41) is 6.21. The second-order valence-corrected chi connectivity index (χ2v) is 4.16. The molecule has 0 aromatic rings. The maximum atomic E-state index is 5.80. The van der Waals surface area contributed by atoms with Gasteiger partial charge in [0.25, 0.3) is 0 Å². The van der Waals surface area contributed by atoms with Crippen molar-refractivity contribution in [2.24, 2.45) is 5.10 Å². The zero-order chi connectivity index (χ0) is 12.0. The summed E-state index contributed by atoms with van der Waals surface area (Å²) >= 11 is 0. The lowest BCUT2D eigenvalue weighted by Gasteiger charge is -2.31. The Morgan fingerprint density at radius 3 is 2.56 bits per heavy atom. The summed E-state index contributed by atoms with van der Waals surface area (Å²) < 4.78 is 16.0. The summed E-state index contributed by atoms with van der Waals surface area (Å²) in [5.74, 6) is 0. The summed E-state index contributed by atoms with van der Waals surface area (Å²) in [4.78, 5) is 0. The maximum absolute atomic E-state index is 5.80. The number of hydrazone groups is 1. The summed E-state index contributed by atoms with van der Waals surface area (Å²) in [6.07, 6.45) is 0.849. The van der Waals surface area contributed by atoms with E-state index in [-0.39, 0.29) is 5.72 Å². The normalized spacial score (nSPS) is 25.0. The van der Waals surface area contributed by atoms with Crippen LogP contribution in [-0.4, -0.2) is 57.0 Å². The lowest BCUT2D eigenvalue weighted by molar-refractivity contribution is -0.131. The lowest BCUT2D eigenvalue weighted by Crippen LogP contribution is -2.40. The first-order valence-electron chi connectivity index (χ1n) is 5.57. The van der Waals surface area contributed by atoms with Crippen LogP contribution >= 0.6 is 0 Å². The molecule has 1 aliphatic heterocycles. The molecule has 0 amide bonds. The Hall–Kier alpha value is -0.650. The fourth-order valence-electron chi connectivity index (χ4n) is 1.70. The molecule has 0 aromatic carbocycles. The van der Waals surface area contributed by atoms with E-state index in [9.17, 15) is 0 Å². The maximum Gasteiger partial charge on any atom is 0.158 e. The Balaban J connectivity index is 2.13. The smallest absolute Gasteiger partial charge is 0.158 e. The van der Waals surface area contributed by atoms with Crippen LogP contribution in [0.2, 0.25) is 0 Å². The van der Waals surface area contributed by atoms with Crippen molar-refractivity contribution in [1.82, 2.24) is 5.01 Å². The van der Waals surface area contributed by atoms with E-state index in [0.717, 1.165) is 12.1 Å². The molecule has 0 saturated heterocycles. The van der Waals surface area contributed by atoms with Crippen LogP contribution < -0.4 is 0 Å². The molecule has 0 bridgehead atoms. The van der Waals surface area contributed by atoms with Crippen molar-refractivity contribution in [1.29, 1.82) is 0 Å². The van der Waals surface area contributed by atoms with Gasteiger partial charge in [-0.1, -0.05) is 0 Å². The fraction of sp³-hybridized carbons (Fsp3) is 0.909. The Morgan fingerprint density at radius 1 is 1.31 bits per heavy atom. The van der Waals surface area contributed by atoms with E-state index in [4.69, 9.17) is 14.2 Å². The quantitative estimate of drug-likeness (QED) is 0.614. The molecule has 1 unspecified atom stereocenters. The average Bonchev–Trinajstić information content (AvgIpc) is 2.47. The van der Waals surface area contributed by atoms with Crippen molar-refractivity contribution < 1.29 is 14.2 Å². The first-order valence-corrected chi connectivity index (χ1v) is 5.57. The van der Waals surface area contributed by atoms with Crippen molar-refractivity contribution in [2.75, 3.05) is 40.6 Å². The molecular formula is C11H22N2O3. The van der Waals surface area contributed by atoms with Crippen LogP contribution in [0, 0.1) is 0 Å². The van der Waals surface area contributed by atoms with Gasteiger partial charge in [-0.3, -0.25) is 5.01 Å². The zero-order valence-corrected chi connectivity index (χ0v) is 10.7. The third-order valence-corrected chi connectivity index (χ3v) is 2.66. The first-order chi connectivity index (χ1) is 7.58. The Morgan fingerprint density at radius 2 is 2.00 bits per heavy atom. The summed E-state index contributed by atoms with van der Waals surface area (Å²) in [6.45, 7) is 6.46. The van der Waals surface area contributed by atoms with Crippen LogP contribution in [0.4, 0.5) is 0 Å². The van der Waals surface area contributed by atoms with Gasteiger partial charge in [-0.25, -0.2) is 0 Å². The average molecular weight is 230 g/mol. The molecule has 0 saturated carbocycles. The molecule has 5 heteroatoms. The molecular weight excluding hydrogens is 208 g/mol. The van der Waals surface area contributed by atoms with Gasteiger partial charge in [0.15, 0.2) is 5.72 Å². The number of ether oxygens (including phenoxy) is 3. The number of hydrogen-bond donors (Lipinski definition) is 0. The highest BCUT2D eigenvalue weighted by atomic mass is 16.6. The van der Waals surface area contributed by atoms with Gasteiger partial charge in [0.05, 0.1) is 26.4 Å². The van der Waals surface area contributed by atoms with Gasteiger partial charge in [-0.05, 0) is 13.8 Å². The molecule has 5 nitrogen and oxygen atoms in total. The van der Waals surface area contributed by atoms with E-state index in [1.807, 2.05) is 25.9 Å². The molecule has 1 rings (SSSR count). The van der Waals surface area contributed by atoms with Crippen molar-refractivity contribution in [3.8, 4) is 0 Å². The third kappa shape index (κ3) is 3.73. The van der Waals surface area contributed by atoms with Gasteiger partial charge in [0.2, 0.25) is 0 Å². The molecule has 1 heterocycles.